The molecule has 2 rings (SSSR count). The highest BCUT2D eigenvalue weighted by atomic mass is 35.5. The minimum atomic E-state index is -0.119. The Labute approximate surface area is 141 Å². The number of aryl methyl sites for hydroxylation is 1. The summed E-state index contributed by atoms with van der Waals surface area (Å²) in [5.74, 6) is -0.0912. The quantitative estimate of drug-likeness (QED) is 0.824. The number of nitrogens with zero attached hydrogens (tertiary/aromatic N) is 4. The molecule has 1 N–H and O–H groups in total. The van der Waals surface area contributed by atoms with Crippen LogP contribution in [0.25, 0.3) is 0 Å². The van der Waals surface area contributed by atoms with Crippen molar-refractivity contribution in [2.45, 2.75) is 25.8 Å². The molecule has 3 amide bonds. The fourth-order valence-electron chi connectivity index (χ4n) is 2.71. The number of hydrogen-bond donors (Lipinski definition) is 1. The largest absolute Gasteiger partial charge is 0.356 e. The van der Waals surface area contributed by atoms with Crippen LogP contribution >= 0.6 is 11.6 Å². The summed E-state index contributed by atoms with van der Waals surface area (Å²) in [7, 11) is 3.46. The number of carbonyl (C=O) groups excluding carboxylic acids is 2. The zero-order chi connectivity index (χ0) is 16.8. The van der Waals surface area contributed by atoms with E-state index in [0.29, 0.717) is 24.7 Å². The van der Waals surface area contributed by atoms with Crippen LogP contribution in [0, 0.1) is 5.92 Å². The predicted molar refractivity (Wildman–Crippen MR) is 88.2 cm³/mol. The summed E-state index contributed by atoms with van der Waals surface area (Å²) in [5, 5.41) is 7.66. The maximum atomic E-state index is 12.2. The molecular formula is C15H24ClN5O2. The Hall–Kier alpha value is -1.76. The van der Waals surface area contributed by atoms with Gasteiger partial charge in [0.05, 0.1) is 17.1 Å². The number of urea groups is 1. The molecule has 0 aromatic carbocycles. The number of carbonyl (C=O) groups is 2. The lowest BCUT2D eigenvalue weighted by molar-refractivity contribution is -0.126. The maximum Gasteiger partial charge on any atom is 0.319 e. The number of aromatic nitrogens is 2. The number of rotatable bonds is 5. The van der Waals surface area contributed by atoms with E-state index in [2.05, 4.69) is 10.4 Å². The summed E-state index contributed by atoms with van der Waals surface area (Å²) in [6.07, 6.45) is 5.84. The van der Waals surface area contributed by atoms with Crippen LogP contribution in [0.15, 0.2) is 12.4 Å². The lowest BCUT2D eigenvalue weighted by atomic mass is 9.97. The second kappa shape index (κ2) is 8.19. The first kappa shape index (κ1) is 17.6. The topological polar surface area (TPSA) is 70.5 Å². The average Bonchev–Trinajstić information content (AvgIpc) is 2.96. The summed E-state index contributed by atoms with van der Waals surface area (Å²) in [6.45, 7) is 2.52. The average molecular weight is 342 g/mol. The highest BCUT2D eigenvalue weighted by molar-refractivity contribution is 6.30. The van der Waals surface area contributed by atoms with Gasteiger partial charge in [-0.15, -0.1) is 0 Å². The van der Waals surface area contributed by atoms with Crippen LogP contribution in [0.5, 0.6) is 0 Å². The van der Waals surface area contributed by atoms with Gasteiger partial charge in [-0.3, -0.25) is 9.48 Å². The second-order valence-electron chi connectivity index (χ2n) is 6.03. The summed E-state index contributed by atoms with van der Waals surface area (Å²) in [4.78, 5) is 27.5. The molecule has 0 aliphatic carbocycles. The molecule has 0 saturated carbocycles. The van der Waals surface area contributed by atoms with E-state index in [1.807, 2.05) is 0 Å². The number of piperidine rings is 1. The zero-order valence-corrected chi connectivity index (χ0v) is 14.4. The van der Waals surface area contributed by atoms with Crippen molar-refractivity contribution < 1.29 is 9.59 Å². The van der Waals surface area contributed by atoms with Crippen molar-refractivity contribution in [2.24, 2.45) is 5.92 Å². The third-order valence-corrected chi connectivity index (χ3v) is 4.11. The summed E-state index contributed by atoms with van der Waals surface area (Å²) in [6, 6.07) is -0.0296. The standard InChI is InChI=1S/C15H24ClN5O2/c1-19(2)15(23)20-7-3-5-12(10-20)14(22)17-6-4-8-21-11-13(16)9-18-21/h9,11-12H,3-8,10H2,1-2H3,(H,17,22). The van der Waals surface area contributed by atoms with Crippen LogP contribution in [-0.4, -0.2) is 65.2 Å². The molecule has 0 bridgehead atoms. The van der Waals surface area contributed by atoms with Crippen molar-refractivity contribution in [3.05, 3.63) is 17.4 Å². The minimum absolute atomic E-state index is 0.0275. The van der Waals surface area contributed by atoms with Gasteiger partial charge in [0.25, 0.3) is 0 Å². The van der Waals surface area contributed by atoms with Crippen molar-refractivity contribution >= 4 is 23.5 Å². The molecule has 7 nitrogen and oxygen atoms in total. The van der Waals surface area contributed by atoms with Gasteiger partial charge in [0.2, 0.25) is 5.91 Å². The third-order valence-electron chi connectivity index (χ3n) is 3.91. The van der Waals surface area contributed by atoms with Crippen molar-refractivity contribution in [1.82, 2.24) is 24.9 Å². The first-order valence-electron chi connectivity index (χ1n) is 7.89. The summed E-state index contributed by atoms with van der Waals surface area (Å²) >= 11 is 5.80. The summed E-state index contributed by atoms with van der Waals surface area (Å²) in [5.41, 5.74) is 0. The number of halogens is 1. The molecule has 2 heterocycles. The number of likely N-dealkylation sites (tertiary alicyclic amines) is 1. The lowest BCUT2D eigenvalue weighted by Crippen LogP contribution is -2.48. The van der Waals surface area contributed by atoms with Crippen molar-refractivity contribution in [3.63, 3.8) is 0 Å². The van der Waals surface area contributed by atoms with Gasteiger partial charge in [0.1, 0.15) is 0 Å². The van der Waals surface area contributed by atoms with Crippen molar-refractivity contribution in [3.8, 4) is 0 Å². The van der Waals surface area contributed by atoms with Gasteiger partial charge in [-0.25, -0.2) is 4.79 Å². The molecular weight excluding hydrogens is 318 g/mol. The molecule has 128 valence electrons. The highest BCUT2D eigenvalue weighted by Crippen LogP contribution is 2.17. The van der Waals surface area contributed by atoms with Crippen molar-refractivity contribution in [1.29, 1.82) is 0 Å². The fourth-order valence-corrected chi connectivity index (χ4v) is 2.86. The molecule has 8 heteroatoms. The van der Waals surface area contributed by atoms with E-state index in [4.69, 9.17) is 11.6 Å². The molecule has 1 atom stereocenters. The Morgan fingerprint density at radius 1 is 1.48 bits per heavy atom. The van der Waals surface area contributed by atoms with E-state index in [-0.39, 0.29) is 17.9 Å². The second-order valence-corrected chi connectivity index (χ2v) is 6.46. The molecule has 1 saturated heterocycles. The molecule has 0 radical (unpaired) electrons. The Morgan fingerprint density at radius 2 is 2.26 bits per heavy atom. The Kier molecular flexibility index (Phi) is 6.27. The van der Waals surface area contributed by atoms with Crippen molar-refractivity contribution in [2.75, 3.05) is 33.7 Å². The smallest absolute Gasteiger partial charge is 0.319 e. The first-order chi connectivity index (χ1) is 11.0. The number of nitrogens with one attached hydrogen (secondary N) is 1. The van der Waals surface area contributed by atoms with Gasteiger partial charge in [-0.2, -0.15) is 5.10 Å². The molecule has 1 fully saturated rings. The van der Waals surface area contributed by atoms with Crippen LogP contribution < -0.4 is 5.32 Å². The fraction of sp³-hybridized carbons (Fsp3) is 0.667. The predicted octanol–water partition coefficient (Wildman–Crippen LogP) is 1.44. The molecule has 23 heavy (non-hydrogen) atoms. The van der Waals surface area contributed by atoms with Crippen LogP contribution in [0.4, 0.5) is 4.79 Å². The van der Waals surface area contributed by atoms with E-state index in [1.165, 1.54) is 0 Å². The SMILES string of the molecule is CN(C)C(=O)N1CCCC(C(=O)NCCCn2cc(Cl)cn2)C1. The Balaban J connectivity index is 1.71. The molecule has 1 unspecified atom stereocenters. The molecule has 1 aromatic heterocycles. The third kappa shape index (κ3) is 5.13. The van der Waals surface area contributed by atoms with Gasteiger partial charge >= 0.3 is 6.03 Å². The summed E-state index contributed by atoms with van der Waals surface area (Å²) < 4.78 is 1.76. The zero-order valence-electron chi connectivity index (χ0n) is 13.7. The van der Waals surface area contributed by atoms with E-state index in [1.54, 1.807) is 41.0 Å². The van der Waals surface area contributed by atoms with Gasteiger partial charge in [0, 0.05) is 46.5 Å². The first-order valence-corrected chi connectivity index (χ1v) is 8.27. The van der Waals surface area contributed by atoms with E-state index < -0.39 is 0 Å². The van der Waals surface area contributed by atoms with Gasteiger partial charge in [0.15, 0.2) is 0 Å². The maximum absolute atomic E-state index is 12.2. The van der Waals surface area contributed by atoms with Crippen LogP contribution in [0.1, 0.15) is 19.3 Å². The lowest BCUT2D eigenvalue weighted by Gasteiger charge is -2.33. The highest BCUT2D eigenvalue weighted by Gasteiger charge is 2.28. The molecule has 1 aromatic rings. The Bertz CT molecular complexity index is 546. The van der Waals surface area contributed by atoms with Crippen LogP contribution in [0.2, 0.25) is 5.02 Å². The van der Waals surface area contributed by atoms with Gasteiger partial charge in [-0.05, 0) is 19.3 Å². The monoisotopic (exact) mass is 341 g/mol. The van der Waals surface area contributed by atoms with Crippen LogP contribution in [0.3, 0.4) is 0 Å². The number of hydrogen-bond acceptors (Lipinski definition) is 3. The van der Waals surface area contributed by atoms with Crippen LogP contribution in [-0.2, 0) is 11.3 Å². The Morgan fingerprint density at radius 3 is 2.91 bits per heavy atom. The number of amides is 3. The van der Waals surface area contributed by atoms with E-state index in [0.717, 1.165) is 25.8 Å². The van der Waals surface area contributed by atoms with Gasteiger partial charge < -0.3 is 15.1 Å². The van der Waals surface area contributed by atoms with E-state index >= 15 is 0 Å². The molecule has 1 aliphatic heterocycles. The molecule has 0 spiro atoms. The minimum Gasteiger partial charge on any atom is -0.356 e. The molecule has 1 aliphatic rings. The normalized spacial score (nSPS) is 17.9. The van der Waals surface area contributed by atoms with E-state index in [9.17, 15) is 9.59 Å². The van der Waals surface area contributed by atoms with Gasteiger partial charge in [-0.1, -0.05) is 11.6 Å².